The molecule has 0 radical (unpaired) electrons. The van der Waals surface area contributed by atoms with Gasteiger partial charge in [-0.3, -0.25) is 14.5 Å². The Morgan fingerprint density at radius 1 is 1.16 bits per heavy atom. The molecule has 38 heavy (non-hydrogen) atoms. The van der Waals surface area contributed by atoms with Gasteiger partial charge in [-0.05, 0) is 49.9 Å². The van der Waals surface area contributed by atoms with Crippen LogP contribution in [0.5, 0.6) is 0 Å². The third-order valence-corrected chi connectivity index (χ3v) is 9.04. The number of hydrogen-bond donors (Lipinski definition) is 2. The zero-order chi connectivity index (χ0) is 26.5. The van der Waals surface area contributed by atoms with Gasteiger partial charge in [-0.1, -0.05) is 6.92 Å². The van der Waals surface area contributed by atoms with Gasteiger partial charge in [0.1, 0.15) is 12.4 Å². The summed E-state index contributed by atoms with van der Waals surface area (Å²) >= 11 is 0. The monoisotopic (exact) mass is 521 g/mol. The summed E-state index contributed by atoms with van der Waals surface area (Å²) in [5, 5.41) is 21.2. The van der Waals surface area contributed by atoms with Gasteiger partial charge in [0.15, 0.2) is 11.0 Å². The number of fused-ring (bicyclic) bond motifs is 5. The highest BCUT2D eigenvalue weighted by atomic mass is 19.1. The first kappa shape index (κ1) is 23.8. The lowest BCUT2D eigenvalue weighted by atomic mass is 9.85. The summed E-state index contributed by atoms with van der Waals surface area (Å²) < 4.78 is 23.1. The van der Waals surface area contributed by atoms with Crippen molar-refractivity contribution in [1.82, 2.24) is 14.0 Å². The number of likely N-dealkylation sites (tertiary alicyclic amines) is 1. The van der Waals surface area contributed by atoms with Crippen molar-refractivity contribution in [3.05, 3.63) is 67.5 Å². The van der Waals surface area contributed by atoms with E-state index in [1.165, 1.54) is 16.7 Å². The first-order valence-corrected chi connectivity index (χ1v) is 13.2. The highest BCUT2D eigenvalue weighted by molar-refractivity contribution is 5.88. The summed E-state index contributed by atoms with van der Waals surface area (Å²) in [5.74, 6) is -1.35. The van der Waals surface area contributed by atoms with Gasteiger partial charge < -0.3 is 24.1 Å². The molecule has 2 fully saturated rings. The van der Waals surface area contributed by atoms with E-state index >= 15 is 0 Å². The van der Waals surface area contributed by atoms with Gasteiger partial charge in [-0.2, -0.15) is 0 Å². The van der Waals surface area contributed by atoms with Crippen LogP contribution in [0, 0.1) is 5.82 Å². The van der Waals surface area contributed by atoms with Crippen molar-refractivity contribution >= 4 is 16.9 Å². The molecule has 0 unspecified atom stereocenters. The van der Waals surface area contributed by atoms with E-state index in [1.807, 2.05) is 0 Å². The van der Waals surface area contributed by atoms with Crippen molar-refractivity contribution in [1.29, 1.82) is 0 Å². The standard InChI is InChI=1S/C28H28FN3O6/c1-2-28(37)20-10-22-24-23(12-31(22)26(35)19(20)13-38-27(28)36)32(21-4-3-14(29)7-18(21)25(24)34)15-5-6-30(11-15)16-8-17(33)9-16/h3-4,7,10,15-17,33,37H,2,5-6,8-9,11-13H2,1H3/t15-,16?,17?,28+/m1/s1. The molecule has 4 aliphatic rings. The first-order valence-electron chi connectivity index (χ1n) is 13.2. The van der Waals surface area contributed by atoms with Crippen molar-refractivity contribution in [2.75, 3.05) is 13.1 Å². The molecule has 3 aliphatic heterocycles. The average Bonchev–Trinajstić information content (AvgIpc) is 3.51. The Labute approximate surface area is 216 Å². The fourth-order valence-corrected chi connectivity index (χ4v) is 6.85. The maximum atomic E-state index is 14.4. The van der Waals surface area contributed by atoms with Gasteiger partial charge in [0.2, 0.25) is 0 Å². The molecule has 198 valence electrons. The Morgan fingerprint density at radius 2 is 1.95 bits per heavy atom. The molecule has 2 atom stereocenters. The summed E-state index contributed by atoms with van der Waals surface area (Å²) in [6.45, 7) is 3.10. The fourth-order valence-electron chi connectivity index (χ4n) is 6.85. The summed E-state index contributed by atoms with van der Waals surface area (Å²) in [7, 11) is 0. The number of carbonyl (C=O) groups excluding carboxylic acids is 1. The number of esters is 1. The van der Waals surface area contributed by atoms with Gasteiger partial charge in [-0.25, -0.2) is 9.18 Å². The Balaban J connectivity index is 1.45. The second-order valence-electron chi connectivity index (χ2n) is 11.0. The smallest absolute Gasteiger partial charge is 0.343 e. The molecule has 3 aromatic rings. The number of aliphatic hydroxyl groups excluding tert-OH is 1. The lowest BCUT2D eigenvalue weighted by Crippen LogP contribution is -2.46. The van der Waals surface area contributed by atoms with Gasteiger partial charge in [0.25, 0.3) is 5.56 Å². The van der Waals surface area contributed by atoms with E-state index in [0.717, 1.165) is 32.4 Å². The van der Waals surface area contributed by atoms with Crippen molar-refractivity contribution in [3.8, 4) is 11.3 Å². The van der Waals surface area contributed by atoms with Gasteiger partial charge in [0, 0.05) is 36.1 Å². The van der Waals surface area contributed by atoms with Gasteiger partial charge in [-0.15, -0.1) is 0 Å². The van der Waals surface area contributed by atoms with Gasteiger partial charge >= 0.3 is 5.97 Å². The molecule has 2 aromatic heterocycles. The Hall–Kier alpha value is -3.34. The van der Waals surface area contributed by atoms with Crippen LogP contribution in [0.15, 0.2) is 33.9 Å². The van der Waals surface area contributed by atoms with Crippen molar-refractivity contribution in [2.45, 2.75) is 69.5 Å². The van der Waals surface area contributed by atoms with E-state index < -0.39 is 22.9 Å². The number of halogens is 1. The highest BCUT2D eigenvalue weighted by Crippen LogP contribution is 2.41. The minimum Gasteiger partial charge on any atom is -0.458 e. The quantitative estimate of drug-likeness (QED) is 0.395. The lowest BCUT2D eigenvalue weighted by Gasteiger charge is -2.38. The van der Waals surface area contributed by atoms with Crippen LogP contribution in [0.25, 0.3) is 22.2 Å². The first-order chi connectivity index (χ1) is 18.2. The highest BCUT2D eigenvalue weighted by Gasteiger charge is 2.46. The molecule has 2 N–H and O–H groups in total. The summed E-state index contributed by atoms with van der Waals surface area (Å²) in [6.07, 6.45) is 2.05. The summed E-state index contributed by atoms with van der Waals surface area (Å²) in [6, 6.07) is 6.09. The zero-order valence-electron chi connectivity index (χ0n) is 20.9. The largest absolute Gasteiger partial charge is 0.458 e. The minimum absolute atomic E-state index is 0.00724. The predicted molar refractivity (Wildman–Crippen MR) is 135 cm³/mol. The Morgan fingerprint density at radius 3 is 2.68 bits per heavy atom. The van der Waals surface area contributed by atoms with Crippen LogP contribution in [-0.2, 0) is 28.3 Å². The zero-order valence-corrected chi connectivity index (χ0v) is 20.9. The number of hydrogen-bond acceptors (Lipinski definition) is 7. The second kappa shape index (κ2) is 8.08. The molecule has 7 rings (SSSR count). The number of ether oxygens (including phenoxy) is 1. The van der Waals surface area contributed by atoms with Crippen LogP contribution >= 0.6 is 0 Å². The molecule has 1 saturated carbocycles. The lowest BCUT2D eigenvalue weighted by molar-refractivity contribution is -0.172. The van der Waals surface area contributed by atoms with E-state index in [4.69, 9.17) is 4.74 Å². The molecule has 10 heteroatoms. The number of benzene rings is 1. The molecule has 5 heterocycles. The van der Waals surface area contributed by atoms with Crippen molar-refractivity contribution < 1.29 is 24.1 Å². The minimum atomic E-state index is -1.98. The van der Waals surface area contributed by atoms with E-state index in [1.54, 1.807) is 19.1 Å². The van der Waals surface area contributed by atoms with Crippen LogP contribution in [0.1, 0.15) is 55.5 Å². The number of cyclic esters (lactones) is 1. The van der Waals surface area contributed by atoms with Crippen LogP contribution in [-0.4, -0.2) is 55.5 Å². The maximum absolute atomic E-state index is 14.4. The maximum Gasteiger partial charge on any atom is 0.343 e. The van der Waals surface area contributed by atoms with Crippen LogP contribution in [0.3, 0.4) is 0 Å². The third kappa shape index (κ3) is 3.11. The molecule has 0 bridgehead atoms. The number of nitrogens with zero attached hydrogens (tertiary/aromatic N) is 3. The molecule has 1 saturated heterocycles. The molecule has 0 amide bonds. The summed E-state index contributed by atoms with van der Waals surface area (Å²) in [5.41, 5.74) is -0.488. The topological polar surface area (TPSA) is 114 Å². The van der Waals surface area contributed by atoms with E-state index in [0.29, 0.717) is 28.5 Å². The van der Waals surface area contributed by atoms with Gasteiger partial charge in [0.05, 0.1) is 40.7 Å². The van der Waals surface area contributed by atoms with Crippen LogP contribution in [0.4, 0.5) is 4.39 Å². The number of pyridine rings is 2. The number of carbonyl (C=O) groups is 1. The molecule has 0 spiro atoms. The molecular weight excluding hydrogens is 493 g/mol. The fraction of sp³-hybridized carbons (Fsp3) is 0.464. The Kier molecular flexibility index (Phi) is 5.05. The third-order valence-electron chi connectivity index (χ3n) is 9.04. The van der Waals surface area contributed by atoms with E-state index in [-0.39, 0.29) is 53.7 Å². The van der Waals surface area contributed by atoms with Crippen molar-refractivity contribution in [3.63, 3.8) is 0 Å². The van der Waals surface area contributed by atoms with E-state index in [9.17, 15) is 29.0 Å². The Bertz CT molecular complexity index is 1660. The van der Waals surface area contributed by atoms with E-state index in [2.05, 4.69) is 9.47 Å². The van der Waals surface area contributed by atoms with Crippen LogP contribution < -0.4 is 11.0 Å². The summed E-state index contributed by atoms with van der Waals surface area (Å²) in [4.78, 5) is 42.4. The molecule has 1 aliphatic carbocycles. The number of aromatic nitrogens is 2. The molecular formula is C28H28FN3O6. The second-order valence-corrected chi connectivity index (χ2v) is 11.0. The average molecular weight is 522 g/mol. The van der Waals surface area contributed by atoms with Crippen molar-refractivity contribution in [2.24, 2.45) is 0 Å². The van der Waals surface area contributed by atoms with Crippen LogP contribution in [0.2, 0.25) is 0 Å². The SMILES string of the molecule is CC[C@@]1(O)C(=O)OCc2c1cc1n(c2=O)Cc2c-1c(=O)c1cc(F)ccc1n2[C@@H]1CCN(C2CC(O)C2)C1. The predicted octanol–water partition coefficient (Wildman–Crippen LogP) is 1.76. The number of aliphatic hydroxyl groups is 2. The molecule has 9 nitrogen and oxygen atoms in total. The normalized spacial score (nSPS) is 28.1. The molecule has 1 aromatic carbocycles. The number of rotatable bonds is 3.